The monoisotopic (exact) mass is 238 g/mol. The van der Waals surface area contributed by atoms with Gasteiger partial charge in [0.05, 0.1) is 0 Å². The molecule has 1 aliphatic rings. The van der Waals surface area contributed by atoms with E-state index in [9.17, 15) is 0 Å². The molecule has 1 saturated heterocycles. The molecule has 1 aromatic carbocycles. The maximum atomic E-state index is 6.17. The second kappa shape index (κ2) is 4.64. The van der Waals surface area contributed by atoms with Crippen LogP contribution in [0.4, 0.5) is 5.69 Å². The Morgan fingerprint density at radius 1 is 1.38 bits per heavy atom. The van der Waals surface area contributed by atoms with Crippen molar-refractivity contribution in [2.45, 2.75) is 32.9 Å². The number of piperazine rings is 1. The first-order chi connectivity index (χ1) is 7.58. The molecule has 1 fully saturated rings. The van der Waals surface area contributed by atoms with E-state index < -0.39 is 0 Å². The summed E-state index contributed by atoms with van der Waals surface area (Å²) in [4.78, 5) is 2.42. The number of hydrogen-bond acceptors (Lipinski definition) is 2. The van der Waals surface area contributed by atoms with E-state index in [2.05, 4.69) is 42.3 Å². The number of halogens is 1. The molecule has 2 nitrogen and oxygen atoms in total. The van der Waals surface area contributed by atoms with Gasteiger partial charge in [-0.25, -0.2) is 0 Å². The highest BCUT2D eigenvalue weighted by molar-refractivity contribution is 6.31. The predicted molar refractivity (Wildman–Crippen MR) is 70.5 cm³/mol. The molecule has 0 amide bonds. The van der Waals surface area contributed by atoms with E-state index >= 15 is 0 Å². The molecule has 3 heteroatoms. The fourth-order valence-corrected chi connectivity index (χ4v) is 2.32. The molecule has 2 atom stereocenters. The third-order valence-electron chi connectivity index (χ3n) is 3.25. The molecule has 0 spiro atoms. The van der Waals surface area contributed by atoms with Crippen LogP contribution >= 0.6 is 11.6 Å². The van der Waals surface area contributed by atoms with Crippen LogP contribution in [0.15, 0.2) is 18.2 Å². The Labute approximate surface area is 103 Å². The smallest absolute Gasteiger partial charge is 0.0455 e. The summed E-state index contributed by atoms with van der Waals surface area (Å²) >= 11 is 6.17. The highest BCUT2D eigenvalue weighted by Gasteiger charge is 2.22. The number of anilines is 1. The van der Waals surface area contributed by atoms with Crippen LogP contribution < -0.4 is 10.2 Å². The zero-order chi connectivity index (χ0) is 11.7. The quantitative estimate of drug-likeness (QED) is 0.810. The zero-order valence-corrected chi connectivity index (χ0v) is 10.9. The van der Waals surface area contributed by atoms with Crippen LogP contribution in [0.2, 0.25) is 5.02 Å². The van der Waals surface area contributed by atoms with Gasteiger partial charge in [0, 0.05) is 35.9 Å². The molecule has 0 radical (unpaired) electrons. The van der Waals surface area contributed by atoms with Gasteiger partial charge >= 0.3 is 0 Å². The van der Waals surface area contributed by atoms with Crippen molar-refractivity contribution in [1.82, 2.24) is 5.32 Å². The minimum Gasteiger partial charge on any atom is -0.366 e. The summed E-state index contributed by atoms with van der Waals surface area (Å²) in [5, 5.41) is 4.34. The molecule has 0 aliphatic carbocycles. The molecule has 2 unspecified atom stereocenters. The van der Waals surface area contributed by atoms with Crippen molar-refractivity contribution >= 4 is 17.3 Å². The Bertz CT molecular complexity index is 378. The normalized spacial score (nSPS) is 25.9. The fraction of sp³-hybridized carbons (Fsp3) is 0.538. The minimum absolute atomic E-state index is 0.523. The first-order valence-corrected chi connectivity index (χ1v) is 6.22. The molecular formula is C13H19ClN2. The van der Waals surface area contributed by atoms with Gasteiger partial charge in [0.25, 0.3) is 0 Å². The van der Waals surface area contributed by atoms with Crippen molar-refractivity contribution in [3.8, 4) is 0 Å². The molecule has 16 heavy (non-hydrogen) atoms. The summed E-state index contributed by atoms with van der Waals surface area (Å²) < 4.78 is 0. The van der Waals surface area contributed by atoms with E-state index in [0.29, 0.717) is 12.1 Å². The zero-order valence-electron chi connectivity index (χ0n) is 10.1. The van der Waals surface area contributed by atoms with Crippen molar-refractivity contribution < 1.29 is 0 Å². The summed E-state index contributed by atoms with van der Waals surface area (Å²) in [7, 11) is 0. The van der Waals surface area contributed by atoms with Gasteiger partial charge in [0.2, 0.25) is 0 Å². The lowest BCUT2D eigenvalue weighted by molar-refractivity contribution is 0.425. The van der Waals surface area contributed by atoms with Crippen molar-refractivity contribution in [3.05, 3.63) is 28.8 Å². The number of nitrogens with zero attached hydrogens (tertiary/aromatic N) is 1. The van der Waals surface area contributed by atoms with Gasteiger partial charge in [0.1, 0.15) is 0 Å². The third kappa shape index (κ3) is 2.33. The molecule has 1 N–H and O–H groups in total. The first kappa shape index (κ1) is 11.7. The van der Waals surface area contributed by atoms with Gasteiger partial charge in [-0.15, -0.1) is 0 Å². The molecule has 1 heterocycles. The van der Waals surface area contributed by atoms with E-state index in [1.165, 1.54) is 5.69 Å². The minimum atomic E-state index is 0.523. The Morgan fingerprint density at radius 2 is 2.12 bits per heavy atom. The van der Waals surface area contributed by atoms with Gasteiger partial charge in [-0.1, -0.05) is 17.7 Å². The van der Waals surface area contributed by atoms with Crippen LogP contribution in [0.5, 0.6) is 0 Å². The van der Waals surface area contributed by atoms with E-state index in [1.54, 1.807) is 0 Å². The maximum Gasteiger partial charge on any atom is 0.0455 e. The fourth-order valence-electron chi connectivity index (χ4n) is 2.14. The number of rotatable bonds is 1. The molecule has 0 saturated carbocycles. The SMILES string of the molecule is Cc1ccc(N2CC(C)NCC2C)cc1Cl. The van der Waals surface area contributed by atoms with Crippen LogP contribution in [0.1, 0.15) is 19.4 Å². The van der Waals surface area contributed by atoms with Crippen molar-refractivity contribution in [2.24, 2.45) is 0 Å². The Balaban J connectivity index is 2.24. The van der Waals surface area contributed by atoms with E-state index in [0.717, 1.165) is 23.7 Å². The molecule has 88 valence electrons. The molecule has 1 aromatic rings. The van der Waals surface area contributed by atoms with Gasteiger partial charge in [-0.05, 0) is 38.5 Å². The lowest BCUT2D eigenvalue weighted by Crippen LogP contribution is -2.54. The largest absolute Gasteiger partial charge is 0.366 e. The van der Waals surface area contributed by atoms with E-state index in [-0.39, 0.29) is 0 Å². The third-order valence-corrected chi connectivity index (χ3v) is 3.66. The summed E-state index contributed by atoms with van der Waals surface area (Å²) in [5.41, 5.74) is 2.37. The van der Waals surface area contributed by atoms with E-state index in [4.69, 9.17) is 11.6 Å². The summed E-state index contributed by atoms with van der Waals surface area (Å²) in [5.74, 6) is 0. The average Bonchev–Trinajstić information content (AvgIpc) is 2.26. The number of nitrogens with one attached hydrogen (secondary N) is 1. The van der Waals surface area contributed by atoms with Crippen LogP contribution in [0.3, 0.4) is 0 Å². The van der Waals surface area contributed by atoms with Gasteiger partial charge in [-0.2, -0.15) is 0 Å². The number of aryl methyl sites for hydroxylation is 1. The average molecular weight is 239 g/mol. The molecule has 1 aliphatic heterocycles. The van der Waals surface area contributed by atoms with Gasteiger partial charge in [-0.3, -0.25) is 0 Å². The van der Waals surface area contributed by atoms with Crippen LogP contribution in [0.25, 0.3) is 0 Å². The number of hydrogen-bond donors (Lipinski definition) is 1. The Hall–Kier alpha value is -0.730. The van der Waals surface area contributed by atoms with Crippen LogP contribution in [-0.2, 0) is 0 Å². The summed E-state index contributed by atoms with van der Waals surface area (Å²) in [6.45, 7) is 8.57. The predicted octanol–water partition coefficient (Wildman–Crippen LogP) is 2.84. The van der Waals surface area contributed by atoms with Gasteiger partial charge < -0.3 is 10.2 Å². The summed E-state index contributed by atoms with van der Waals surface area (Å²) in [6, 6.07) is 7.39. The molecule has 0 bridgehead atoms. The van der Waals surface area contributed by atoms with Crippen LogP contribution in [-0.4, -0.2) is 25.2 Å². The second-order valence-corrected chi connectivity index (χ2v) is 5.15. The van der Waals surface area contributed by atoms with Gasteiger partial charge in [0.15, 0.2) is 0 Å². The standard InChI is InChI=1S/C13H19ClN2/c1-9-4-5-12(6-13(9)14)16-8-10(2)15-7-11(16)3/h4-6,10-11,15H,7-8H2,1-3H3. The second-order valence-electron chi connectivity index (χ2n) is 4.74. The highest BCUT2D eigenvalue weighted by Crippen LogP contribution is 2.25. The maximum absolute atomic E-state index is 6.17. The lowest BCUT2D eigenvalue weighted by atomic mass is 10.1. The van der Waals surface area contributed by atoms with Crippen molar-refractivity contribution in [1.29, 1.82) is 0 Å². The molecule has 2 rings (SSSR count). The lowest BCUT2D eigenvalue weighted by Gasteiger charge is -2.39. The molecular weight excluding hydrogens is 220 g/mol. The van der Waals surface area contributed by atoms with E-state index in [1.807, 2.05) is 6.92 Å². The van der Waals surface area contributed by atoms with Crippen molar-refractivity contribution in [3.63, 3.8) is 0 Å². The number of benzene rings is 1. The highest BCUT2D eigenvalue weighted by atomic mass is 35.5. The molecule has 0 aromatic heterocycles. The first-order valence-electron chi connectivity index (χ1n) is 5.84. The Morgan fingerprint density at radius 3 is 2.81 bits per heavy atom. The Kier molecular flexibility index (Phi) is 3.41. The summed E-state index contributed by atoms with van der Waals surface area (Å²) in [6.07, 6.45) is 0. The topological polar surface area (TPSA) is 15.3 Å². The van der Waals surface area contributed by atoms with Crippen LogP contribution in [0, 0.1) is 6.92 Å². The van der Waals surface area contributed by atoms with Crippen molar-refractivity contribution in [2.75, 3.05) is 18.0 Å².